The molecule has 1 aliphatic heterocycles. The Hall–Kier alpha value is -1.88. The van der Waals surface area contributed by atoms with Gasteiger partial charge in [-0.1, -0.05) is 29.8 Å². The number of carbonyl (C=O) groups excluding carboxylic acids is 2. The number of aryl methyl sites for hydroxylation is 1. The second kappa shape index (κ2) is 6.26. The van der Waals surface area contributed by atoms with Crippen LogP contribution in [-0.4, -0.2) is 35.3 Å². The number of nitrogens with one attached hydrogen (secondary N) is 1. The van der Waals surface area contributed by atoms with Crippen molar-refractivity contribution in [3.8, 4) is 0 Å². The molecule has 1 aromatic rings. The molecule has 0 spiro atoms. The number of hydrogen-bond donors (Lipinski definition) is 2. The molecule has 0 saturated carbocycles. The Kier molecular flexibility index (Phi) is 4.63. The maximum atomic E-state index is 12.2. The first kappa shape index (κ1) is 15.5. The van der Waals surface area contributed by atoms with E-state index in [9.17, 15) is 9.59 Å². The van der Waals surface area contributed by atoms with Crippen LogP contribution in [0.5, 0.6) is 0 Å². The predicted molar refractivity (Wildman–Crippen MR) is 81.5 cm³/mol. The molecule has 0 aromatic heterocycles. The Balaban J connectivity index is 1.98. The molecular formula is C16H23N3O2. The molecule has 0 aliphatic carbocycles. The van der Waals surface area contributed by atoms with E-state index in [1.807, 2.05) is 45.0 Å². The molecular weight excluding hydrogens is 266 g/mol. The van der Waals surface area contributed by atoms with Gasteiger partial charge in [0.05, 0.1) is 0 Å². The topological polar surface area (TPSA) is 75.4 Å². The Morgan fingerprint density at radius 1 is 1.33 bits per heavy atom. The molecule has 2 amide bonds. The first-order chi connectivity index (χ1) is 9.90. The third-order valence-electron chi connectivity index (χ3n) is 3.90. The van der Waals surface area contributed by atoms with Gasteiger partial charge >= 0.3 is 0 Å². The summed E-state index contributed by atoms with van der Waals surface area (Å²) in [6, 6.07) is 6.49. The molecule has 5 nitrogen and oxygen atoms in total. The van der Waals surface area contributed by atoms with E-state index in [2.05, 4.69) is 5.32 Å². The largest absolute Gasteiger partial charge is 0.343 e. The van der Waals surface area contributed by atoms with Crippen molar-refractivity contribution < 1.29 is 9.59 Å². The van der Waals surface area contributed by atoms with Gasteiger partial charge in [-0.15, -0.1) is 0 Å². The van der Waals surface area contributed by atoms with Crippen molar-refractivity contribution in [1.82, 2.24) is 10.2 Å². The predicted octanol–water partition coefficient (Wildman–Crippen LogP) is 1.12. The smallest absolute Gasteiger partial charge is 0.245 e. The van der Waals surface area contributed by atoms with E-state index in [1.54, 1.807) is 4.90 Å². The number of carbonyl (C=O) groups is 2. The summed E-state index contributed by atoms with van der Waals surface area (Å²) in [7, 11) is 0. The minimum Gasteiger partial charge on any atom is -0.343 e. The highest BCUT2D eigenvalue weighted by atomic mass is 16.2. The van der Waals surface area contributed by atoms with Crippen molar-refractivity contribution in [2.75, 3.05) is 6.54 Å². The zero-order chi connectivity index (χ0) is 15.6. The van der Waals surface area contributed by atoms with Gasteiger partial charge in [0, 0.05) is 12.6 Å². The van der Waals surface area contributed by atoms with Crippen LogP contribution >= 0.6 is 0 Å². The summed E-state index contributed by atoms with van der Waals surface area (Å²) in [6.45, 7) is 6.61. The SMILES string of the molecule is Cc1ccc(C(N)C(=O)NC2CCN(C(C)C)C2=O)cc1. The lowest BCUT2D eigenvalue weighted by atomic mass is 10.0. The van der Waals surface area contributed by atoms with Crippen LogP contribution in [0.4, 0.5) is 0 Å². The van der Waals surface area contributed by atoms with Crippen LogP contribution in [0, 0.1) is 6.92 Å². The molecule has 5 heteroatoms. The number of nitrogens with zero attached hydrogens (tertiary/aromatic N) is 1. The van der Waals surface area contributed by atoms with Gasteiger partial charge in [-0.2, -0.15) is 0 Å². The van der Waals surface area contributed by atoms with Gasteiger partial charge in [-0.3, -0.25) is 9.59 Å². The van der Waals surface area contributed by atoms with Crippen molar-refractivity contribution in [2.45, 2.75) is 45.3 Å². The highest BCUT2D eigenvalue weighted by molar-refractivity contribution is 5.91. The Morgan fingerprint density at radius 3 is 2.48 bits per heavy atom. The van der Waals surface area contributed by atoms with Gasteiger partial charge in [0.15, 0.2) is 0 Å². The summed E-state index contributed by atoms with van der Waals surface area (Å²) < 4.78 is 0. The molecule has 1 aromatic carbocycles. The quantitative estimate of drug-likeness (QED) is 0.872. The zero-order valence-corrected chi connectivity index (χ0v) is 12.8. The van der Waals surface area contributed by atoms with Crippen LogP contribution in [-0.2, 0) is 9.59 Å². The fourth-order valence-electron chi connectivity index (χ4n) is 2.54. The van der Waals surface area contributed by atoms with Crippen molar-refractivity contribution in [3.05, 3.63) is 35.4 Å². The summed E-state index contributed by atoms with van der Waals surface area (Å²) in [5.41, 5.74) is 7.84. The lowest BCUT2D eigenvalue weighted by molar-refractivity contribution is -0.134. The standard InChI is InChI=1S/C16H23N3O2/c1-10(2)19-9-8-13(16(19)21)18-15(20)14(17)12-6-4-11(3)5-7-12/h4-7,10,13-14H,8-9,17H2,1-3H3,(H,18,20). The normalized spacial score (nSPS) is 20.0. The summed E-state index contributed by atoms with van der Waals surface area (Å²) >= 11 is 0. The van der Waals surface area contributed by atoms with Gasteiger partial charge in [0.25, 0.3) is 0 Å². The van der Waals surface area contributed by atoms with Crippen molar-refractivity contribution >= 4 is 11.8 Å². The van der Waals surface area contributed by atoms with Crippen molar-refractivity contribution in [2.24, 2.45) is 5.73 Å². The molecule has 1 heterocycles. The fraction of sp³-hybridized carbons (Fsp3) is 0.500. The van der Waals surface area contributed by atoms with Crippen LogP contribution in [0.2, 0.25) is 0 Å². The maximum absolute atomic E-state index is 12.2. The molecule has 1 saturated heterocycles. The summed E-state index contributed by atoms with van der Waals surface area (Å²) in [5.74, 6) is -0.322. The van der Waals surface area contributed by atoms with Gasteiger partial charge < -0.3 is 16.0 Å². The van der Waals surface area contributed by atoms with E-state index in [0.717, 1.165) is 11.1 Å². The van der Waals surface area contributed by atoms with Crippen LogP contribution in [0.25, 0.3) is 0 Å². The number of rotatable bonds is 4. The van der Waals surface area contributed by atoms with E-state index in [-0.39, 0.29) is 17.9 Å². The number of amides is 2. The highest BCUT2D eigenvalue weighted by Crippen LogP contribution is 2.16. The number of nitrogens with two attached hydrogens (primary N) is 1. The second-order valence-electron chi connectivity index (χ2n) is 5.86. The number of hydrogen-bond acceptors (Lipinski definition) is 3. The molecule has 0 bridgehead atoms. The van der Waals surface area contributed by atoms with Gasteiger partial charge in [0.2, 0.25) is 11.8 Å². The third kappa shape index (κ3) is 3.42. The van der Waals surface area contributed by atoms with Crippen LogP contribution in [0.1, 0.15) is 37.4 Å². The van der Waals surface area contributed by atoms with Crippen LogP contribution in [0.15, 0.2) is 24.3 Å². The van der Waals surface area contributed by atoms with Gasteiger partial charge in [-0.05, 0) is 32.8 Å². The number of likely N-dealkylation sites (tertiary alicyclic amines) is 1. The molecule has 1 aliphatic rings. The van der Waals surface area contributed by atoms with E-state index in [4.69, 9.17) is 5.73 Å². The lowest BCUT2D eigenvalue weighted by Crippen LogP contribution is -2.46. The highest BCUT2D eigenvalue weighted by Gasteiger charge is 2.34. The van der Waals surface area contributed by atoms with E-state index >= 15 is 0 Å². The monoisotopic (exact) mass is 289 g/mol. The molecule has 3 N–H and O–H groups in total. The molecule has 1 fully saturated rings. The minimum atomic E-state index is -0.744. The summed E-state index contributed by atoms with van der Waals surface area (Å²) in [5, 5.41) is 2.77. The Morgan fingerprint density at radius 2 is 1.95 bits per heavy atom. The molecule has 21 heavy (non-hydrogen) atoms. The van der Waals surface area contributed by atoms with Gasteiger partial charge in [-0.25, -0.2) is 0 Å². The summed E-state index contributed by atoms with van der Waals surface area (Å²) in [6.07, 6.45) is 0.642. The second-order valence-corrected chi connectivity index (χ2v) is 5.86. The van der Waals surface area contributed by atoms with Crippen LogP contribution in [0.3, 0.4) is 0 Å². The zero-order valence-electron chi connectivity index (χ0n) is 12.8. The molecule has 2 unspecified atom stereocenters. The third-order valence-corrected chi connectivity index (χ3v) is 3.90. The molecule has 0 radical (unpaired) electrons. The Bertz CT molecular complexity index is 525. The van der Waals surface area contributed by atoms with Crippen molar-refractivity contribution in [1.29, 1.82) is 0 Å². The van der Waals surface area contributed by atoms with Crippen molar-refractivity contribution in [3.63, 3.8) is 0 Å². The lowest BCUT2D eigenvalue weighted by Gasteiger charge is -2.21. The molecule has 114 valence electrons. The molecule has 2 rings (SSSR count). The number of benzene rings is 1. The first-order valence-electron chi connectivity index (χ1n) is 7.33. The molecule has 2 atom stereocenters. The van der Waals surface area contributed by atoms with E-state index in [0.29, 0.717) is 13.0 Å². The first-order valence-corrected chi connectivity index (χ1v) is 7.33. The van der Waals surface area contributed by atoms with E-state index < -0.39 is 12.1 Å². The average molecular weight is 289 g/mol. The maximum Gasteiger partial charge on any atom is 0.245 e. The summed E-state index contributed by atoms with van der Waals surface area (Å²) in [4.78, 5) is 26.1. The van der Waals surface area contributed by atoms with E-state index in [1.165, 1.54) is 0 Å². The van der Waals surface area contributed by atoms with Crippen LogP contribution < -0.4 is 11.1 Å². The van der Waals surface area contributed by atoms with Gasteiger partial charge in [0.1, 0.15) is 12.1 Å². The fourth-order valence-corrected chi connectivity index (χ4v) is 2.54. The average Bonchev–Trinajstić information content (AvgIpc) is 2.80. The Labute approximate surface area is 125 Å². The minimum absolute atomic E-state index is 0.0190.